The molecule has 1 saturated heterocycles. The van der Waals surface area contributed by atoms with E-state index in [1.54, 1.807) is 0 Å². The Balaban J connectivity index is 1.50. The lowest BCUT2D eigenvalue weighted by atomic mass is 10.1. The molecule has 7 heteroatoms. The molecule has 3 heterocycles. The van der Waals surface area contributed by atoms with Crippen molar-refractivity contribution in [1.29, 1.82) is 0 Å². The third kappa shape index (κ3) is 5.66. The number of anilines is 1. The predicted octanol–water partition coefficient (Wildman–Crippen LogP) is 5.33. The third-order valence-electron chi connectivity index (χ3n) is 7.08. The Labute approximate surface area is 219 Å². The fraction of sp³-hybridized carbons (Fsp3) is 0.400. The molecule has 0 atom stereocenters. The Morgan fingerprint density at radius 3 is 2.41 bits per heavy atom. The van der Waals surface area contributed by atoms with Crippen LogP contribution in [0.25, 0.3) is 16.7 Å². The summed E-state index contributed by atoms with van der Waals surface area (Å²) < 4.78 is 1.94. The van der Waals surface area contributed by atoms with E-state index in [2.05, 4.69) is 36.1 Å². The molecular formula is C30H36N6O. The molecule has 1 aliphatic rings. The molecule has 7 nitrogen and oxygen atoms in total. The summed E-state index contributed by atoms with van der Waals surface area (Å²) >= 11 is 0. The summed E-state index contributed by atoms with van der Waals surface area (Å²) in [6.45, 7) is 7.33. The number of aryl methyl sites for hydroxylation is 1. The second-order valence-corrected chi connectivity index (χ2v) is 9.84. The van der Waals surface area contributed by atoms with Crippen molar-refractivity contribution in [2.75, 3.05) is 31.1 Å². The van der Waals surface area contributed by atoms with E-state index in [4.69, 9.17) is 15.1 Å². The highest BCUT2D eigenvalue weighted by Crippen LogP contribution is 2.30. The molecule has 0 N–H and O–H groups in total. The van der Waals surface area contributed by atoms with Crippen molar-refractivity contribution in [1.82, 2.24) is 24.6 Å². The molecule has 1 aliphatic heterocycles. The maximum atomic E-state index is 12.8. The summed E-state index contributed by atoms with van der Waals surface area (Å²) in [5, 5.41) is 5.88. The van der Waals surface area contributed by atoms with Crippen molar-refractivity contribution in [3.05, 3.63) is 77.7 Å². The highest BCUT2D eigenvalue weighted by molar-refractivity contribution is 5.91. The van der Waals surface area contributed by atoms with Crippen molar-refractivity contribution < 1.29 is 4.79 Å². The van der Waals surface area contributed by atoms with Crippen LogP contribution in [0.2, 0.25) is 0 Å². The number of aromatic nitrogens is 4. The van der Waals surface area contributed by atoms with Gasteiger partial charge in [0.05, 0.1) is 16.8 Å². The first kappa shape index (κ1) is 24.9. The van der Waals surface area contributed by atoms with Crippen molar-refractivity contribution in [2.24, 2.45) is 0 Å². The van der Waals surface area contributed by atoms with Gasteiger partial charge in [-0.15, -0.1) is 0 Å². The molecule has 0 aliphatic carbocycles. The number of amides is 1. The van der Waals surface area contributed by atoms with Gasteiger partial charge in [0.25, 0.3) is 0 Å². The van der Waals surface area contributed by atoms with E-state index in [1.807, 2.05) is 52.9 Å². The molecule has 0 unspecified atom stereocenters. The standard InChI is InChI=1S/C30H36N6O/c1-3-4-7-17-27(37)34-18-12-19-35(21-20-34)29-28-23(2)33-36(25-15-10-6-11-16-25)30(28)32-26(31-29)22-24-13-8-5-9-14-24/h5-6,8-11,13-16H,3-4,7,12,17-22H2,1-2H3. The van der Waals surface area contributed by atoms with Gasteiger partial charge in [0.1, 0.15) is 11.6 Å². The highest BCUT2D eigenvalue weighted by atomic mass is 16.2. The van der Waals surface area contributed by atoms with Gasteiger partial charge in [-0.2, -0.15) is 5.10 Å². The van der Waals surface area contributed by atoms with Gasteiger partial charge in [-0.3, -0.25) is 4.79 Å². The Hall–Kier alpha value is -3.74. The minimum absolute atomic E-state index is 0.279. The third-order valence-corrected chi connectivity index (χ3v) is 7.08. The van der Waals surface area contributed by atoms with Gasteiger partial charge in [-0.05, 0) is 37.5 Å². The van der Waals surface area contributed by atoms with Crippen LogP contribution in [0.5, 0.6) is 0 Å². The quantitative estimate of drug-likeness (QED) is 0.308. The van der Waals surface area contributed by atoms with Crippen LogP contribution >= 0.6 is 0 Å². The zero-order valence-corrected chi connectivity index (χ0v) is 21.9. The maximum Gasteiger partial charge on any atom is 0.222 e. The van der Waals surface area contributed by atoms with E-state index in [0.717, 1.165) is 85.9 Å². The molecule has 1 amide bonds. The zero-order chi connectivity index (χ0) is 25.6. The molecule has 192 valence electrons. The first-order valence-corrected chi connectivity index (χ1v) is 13.5. The monoisotopic (exact) mass is 496 g/mol. The van der Waals surface area contributed by atoms with Gasteiger partial charge in [-0.25, -0.2) is 14.6 Å². The number of rotatable bonds is 8. The molecule has 0 radical (unpaired) electrons. The molecule has 37 heavy (non-hydrogen) atoms. The molecule has 2 aromatic carbocycles. The topological polar surface area (TPSA) is 67.2 Å². The summed E-state index contributed by atoms with van der Waals surface area (Å²) in [6, 6.07) is 20.5. The fourth-order valence-corrected chi connectivity index (χ4v) is 5.10. The summed E-state index contributed by atoms with van der Waals surface area (Å²) in [4.78, 5) is 27.3. The number of carbonyl (C=O) groups is 1. The Morgan fingerprint density at radius 1 is 0.892 bits per heavy atom. The van der Waals surface area contributed by atoms with E-state index >= 15 is 0 Å². The number of para-hydroxylation sites is 1. The van der Waals surface area contributed by atoms with E-state index in [1.165, 1.54) is 5.56 Å². The average Bonchev–Trinajstić information content (AvgIpc) is 3.09. The lowest BCUT2D eigenvalue weighted by Gasteiger charge is -2.24. The SMILES string of the molecule is CCCCCC(=O)N1CCCN(c2nc(Cc3ccccc3)nc3c2c(C)nn3-c2ccccc2)CC1. The van der Waals surface area contributed by atoms with Crippen molar-refractivity contribution >= 4 is 22.8 Å². The molecular weight excluding hydrogens is 460 g/mol. The summed E-state index contributed by atoms with van der Waals surface area (Å²) in [5.74, 6) is 1.99. The van der Waals surface area contributed by atoms with Gasteiger partial charge in [0.15, 0.2) is 5.65 Å². The Kier molecular flexibility index (Phi) is 7.78. The van der Waals surface area contributed by atoms with Crippen LogP contribution in [0.3, 0.4) is 0 Å². The molecule has 5 rings (SSSR count). The maximum absolute atomic E-state index is 12.8. The Bertz CT molecular complexity index is 1330. The fourth-order valence-electron chi connectivity index (χ4n) is 5.10. The highest BCUT2D eigenvalue weighted by Gasteiger charge is 2.25. The van der Waals surface area contributed by atoms with Crippen molar-refractivity contribution in [3.63, 3.8) is 0 Å². The largest absolute Gasteiger partial charge is 0.354 e. The zero-order valence-electron chi connectivity index (χ0n) is 21.9. The van der Waals surface area contributed by atoms with Crippen LogP contribution in [0.15, 0.2) is 60.7 Å². The van der Waals surface area contributed by atoms with Gasteiger partial charge in [0.2, 0.25) is 5.91 Å². The summed E-state index contributed by atoms with van der Waals surface area (Å²) in [6.07, 6.45) is 5.44. The number of fused-ring (bicyclic) bond motifs is 1. The minimum Gasteiger partial charge on any atom is -0.354 e. The second kappa shape index (κ2) is 11.5. The molecule has 0 bridgehead atoms. The van der Waals surface area contributed by atoms with Crippen LogP contribution in [-0.2, 0) is 11.2 Å². The van der Waals surface area contributed by atoms with Crippen LogP contribution in [0.4, 0.5) is 5.82 Å². The minimum atomic E-state index is 0.279. The molecule has 0 spiro atoms. The van der Waals surface area contributed by atoms with E-state index in [9.17, 15) is 4.79 Å². The lowest BCUT2D eigenvalue weighted by Crippen LogP contribution is -2.35. The van der Waals surface area contributed by atoms with Crippen molar-refractivity contribution in [3.8, 4) is 5.69 Å². The predicted molar refractivity (Wildman–Crippen MR) is 148 cm³/mol. The lowest BCUT2D eigenvalue weighted by molar-refractivity contribution is -0.131. The Morgan fingerprint density at radius 2 is 1.65 bits per heavy atom. The van der Waals surface area contributed by atoms with Gasteiger partial charge < -0.3 is 9.80 Å². The molecule has 0 saturated carbocycles. The van der Waals surface area contributed by atoms with Crippen LogP contribution in [0, 0.1) is 6.92 Å². The van der Waals surface area contributed by atoms with E-state index in [-0.39, 0.29) is 5.91 Å². The first-order chi connectivity index (χ1) is 18.1. The normalized spacial score (nSPS) is 14.2. The first-order valence-electron chi connectivity index (χ1n) is 13.5. The average molecular weight is 497 g/mol. The number of carbonyl (C=O) groups excluding carboxylic acids is 1. The number of hydrogen-bond acceptors (Lipinski definition) is 5. The van der Waals surface area contributed by atoms with Gasteiger partial charge >= 0.3 is 0 Å². The summed E-state index contributed by atoms with van der Waals surface area (Å²) in [5.41, 5.74) is 3.90. The van der Waals surface area contributed by atoms with Crippen molar-refractivity contribution in [2.45, 2.75) is 52.4 Å². The second-order valence-electron chi connectivity index (χ2n) is 9.84. The van der Waals surface area contributed by atoms with Crippen LogP contribution in [0.1, 0.15) is 56.1 Å². The molecule has 4 aromatic rings. The van der Waals surface area contributed by atoms with E-state index in [0.29, 0.717) is 12.8 Å². The smallest absolute Gasteiger partial charge is 0.222 e. The van der Waals surface area contributed by atoms with E-state index < -0.39 is 0 Å². The summed E-state index contributed by atoms with van der Waals surface area (Å²) in [7, 11) is 0. The molecule has 2 aromatic heterocycles. The van der Waals surface area contributed by atoms with Crippen LogP contribution < -0.4 is 4.90 Å². The van der Waals surface area contributed by atoms with Crippen LogP contribution in [-0.4, -0.2) is 56.7 Å². The number of benzene rings is 2. The van der Waals surface area contributed by atoms with Gasteiger partial charge in [-0.1, -0.05) is 68.3 Å². The number of unbranched alkanes of at least 4 members (excludes halogenated alkanes) is 2. The number of hydrogen-bond donors (Lipinski definition) is 0. The van der Waals surface area contributed by atoms with Gasteiger partial charge in [0, 0.05) is 39.0 Å². The number of nitrogens with zero attached hydrogens (tertiary/aromatic N) is 6. The molecule has 1 fully saturated rings.